The summed E-state index contributed by atoms with van der Waals surface area (Å²) in [7, 11) is 0. The van der Waals surface area contributed by atoms with E-state index in [1.165, 1.54) is 0 Å². The molecule has 1 atom stereocenters. The lowest BCUT2D eigenvalue weighted by molar-refractivity contribution is 0.134. The fourth-order valence-electron chi connectivity index (χ4n) is 2.94. The van der Waals surface area contributed by atoms with E-state index in [2.05, 4.69) is 10.6 Å². The van der Waals surface area contributed by atoms with Crippen molar-refractivity contribution in [2.75, 3.05) is 19.8 Å². The number of amides is 2. The third-order valence-electron chi connectivity index (χ3n) is 4.57. The molecule has 2 N–H and O–H groups in total. The van der Waals surface area contributed by atoms with Crippen LogP contribution in [0.25, 0.3) is 0 Å². The van der Waals surface area contributed by atoms with Gasteiger partial charge in [0.2, 0.25) is 0 Å². The first kappa shape index (κ1) is 20.0. The fourth-order valence-corrected chi connectivity index (χ4v) is 2.94. The number of benzene rings is 2. The lowest BCUT2D eigenvalue weighted by atomic mass is 10.1. The van der Waals surface area contributed by atoms with Crippen molar-refractivity contribution in [3.05, 3.63) is 59.2 Å². The van der Waals surface area contributed by atoms with Gasteiger partial charge in [0, 0.05) is 19.6 Å². The monoisotopic (exact) mass is 384 g/mol. The van der Waals surface area contributed by atoms with Gasteiger partial charge in [-0.15, -0.1) is 0 Å². The van der Waals surface area contributed by atoms with Crippen LogP contribution >= 0.6 is 0 Å². The predicted octanol–water partition coefficient (Wildman–Crippen LogP) is 3.94. The Morgan fingerprint density at radius 1 is 1.07 bits per heavy atom. The predicted molar refractivity (Wildman–Crippen MR) is 108 cm³/mol. The number of carbonyl (C=O) groups excluding carboxylic acids is 1. The SMILES string of the molecule is CCOCc1ccc(CNC(=O)NC(C)c2ccc3c(c2)OCCCO3)cc1. The van der Waals surface area contributed by atoms with E-state index in [-0.39, 0.29) is 12.1 Å². The van der Waals surface area contributed by atoms with E-state index in [0.717, 1.165) is 34.6 Å². The van der Waals surface area contributed by atoms with Gasteiger partial charge in [-0.05, 0) is 42.7 Å². The van der Waals surface area contributed by atoms with Crippen LogP contribution in [0.15, 0.2) is 42.5 Å². The summed E-state index contributed by atoms with van der Waals surface area (Å²) in [6, 6.07) is 13.5. The molecule has 0 aliphatic carbocycles. The summed E-state index contributed by atoms with van der Waals surface area (Å²) in [5, 5.41) is 5.86. The molecule has 2 aromatic rings. The number of nitrogens with one attached hydrogen (secondary N) is 2. The number of hydrogen-bond acceptors (Lipinski definition) is 4. The molecule has 2 aromatic carbocycles. The highest BCUT2D eigenvalue weighted by molar-refractivity contribution is 5.74. The Kier molecular flexibility index (Phi) is 7.14. The van der Waals surface area contributed by atoms with Crippen molar-refractivity contribution >= 4 is 6.03 Å². The molecule has 6 heteroatoms. The van der Waals surface area contributed by atoms with Gasteiger partial charge in [0.15, 0.2) is 11.5 Å². The summed E-state index contributed by atoms with van der Waals surface area (Å²) in [6.45, 7) is 7.00. The summed E-state index contributed by atoms with van der Waals surface area (Å²) in [6.07, 6.45) is 0.868. The number of ether oxygens (including phenoxy) is 3. The zero-order valence-corrected chi connectivity index (χ0v) is 16.5. The standard InChI is InChI=1S/C22H28N2O4/c1-3-26-15-18-7-5-17(6-8-18)14-23-22(25)24-16(2)19-9-10-20-21(13-19)28-12-4-11-27-20/h5-10,13,16H,3-4,11-12,14-15H2,1-2H3,(H2,23,24,25). The molecule has 0 saturated heterocycles. The van der Waals surface area contributed by atoms with Crippen molar-refractivity contribution < 1.29 is 19.0 Å². The lowest BCUT2D eigenvalue weighted by Gasteiger charge is -2.17. The topological polar surface area (TPSA) is 68.8 Å². The minimum atomic E-state index is -0.210. The summed E-state index contributed by atoms with van der Waals surface area (Å²) in [4.78, 5) is 12.3. The number of carbonyl (C=O) groups is 1. The summed E-state index contributed by atoms with van der Waals surface area (Å²) < 4.78 is 16.8. The molecule has 3 rings (SSSR count). The van der Waals surface area contributed by atoms with E-state index >= 15 is 0 Å². The van der Waals surface area contributed by atoms with Crippen LogP contribution in [-0.2, 0) is 17.9 Å². The van der Waals surface area contributed by atoms with Crippen molar-refractivity contribution in [2.45, 2.75) is 39.5 Å². The number of hydrogen-bond donors (Lipinski definition) is 2. The van der Waals surface area contributed by atoms with E-state index in [9.17, 15) is 4.79 Å². The van der Waals surface area contributed by atoms with Crippen LogP contribution in [0, 0.1) is 0 Å². The molecule has 6 nitrogen and oxygen atoms in total. The highest BCUT2D eigenvalue weighted by atomic mass is 16.5. The van der Waals surface area contributed by atoms with Gasteiger partial charge in [-0.3, -0.25) is 0 Å². The van der Waals surface area contributed by atoms with Gasteiger partial charge in [0.25, 0.3) is 0 Å². The fraction of sp³-hybridized carbons (Fsp3) is 0.409. The second-order valence-electron chi connectivity index (χ2n) is 6.76. The van der Waals surface area contributed by atoms with Gasteiger partial charge >= 0.3 is 6.03 Å². The summed E-state index contributed by atoms with van der Waals surface area (Å²) in [5.41, 5.74) is 3.14. The largest absolute Gasteiger partial charge is 0.490 e. The smallest absolute Gasteiger partial charge is 0.315 e. The third kappa shape index (κ3) is 5.63. The molecule has 0 radical (unpaired) electrons. The molecular formula is C22H28N2O4. The molecule has 1 aliphatic heterocycles. The van der Waals surface area contributed by atoms with E-state index < -0.39 is 0 Å². The van der Waals surface area contributed by atoms with Crippen LogP contribution in [0.2, 0.25) is 0 Å². The van der Waals surface area contributed by atoms with Gasteiger partial charge in [-0.1, -0.05) is 30.3 Å². The van der Waals surface area contributed by atoms with Gasteiger partial charge < -0.3 is 24.8 Å². The van der Waals surface area contributed by atoms with Crippen LogP contribution in [-0.4, -0.2) is 25.9 Å². The second-order valence-corrected chi connectivity index (χ2v) is 6.76. The van der Waals surface area contributed by atoms with Crippen molar-refractivity contribution in [3.63, 3.8) is 0 Å². The first-order valence-electron chi connectivity index (χ1n) is 9.75. The highest BCUT2D eigenvalue weighted by Gasteiger charge is 2.15. The molecule has 0 spiro atoms. The Hall–Kier alpha value is -2.73. The Bertz CT molecular complexity index is 777. The highest BCUT2D eigenvalue weighted by Crippen LogP contribution is 2.32. The first-order valence-corrected chi connectivity index (χ1v) is 9.75. The zero-order chi connectivity index (χ0) is 19.8. The zero-order valence-electron chi connectivity index (χ0n) is 16.5. The maximum absolute atomic E-state index is 12.3. The third-order valence-corrected chi connectivity index (χ3v) is 4.57. The molecular weight excluding hydrogens is 356 g/mol. The maximum Gasteiger partial charge on any atom is 0.315 e. The van der Waals surface area contributed by atoms with Crippen molar-refractivity contribution in [3.8, 4) is 11.5 Å². The van der Waals surface area contributed by atoms with Crippen LogP contribution in [0.3, 0.4) is 0 Å². The molecule has 150 valence electrons. The Morgan fingerprint density at radius 3 is 2.54 bits per heavy atom. The molecule has 0 saturated carbocycles. The Labute approximate surface area is 166 Å². The van der Waals surface area contributed by atoms with Crippen LogP contribution < -0.4 is 20.1 Å². The molecule has 28 heavy (non-hydrogen) atoms. The molecule has 1 aliphatic rings. The van der Waals surface area contributed by atoms with Crippen LogP contribution in [0.4, 0.5) is 4.79 Å². The van der Waals surface area contributed by atoms with Gasteiger partial charge in [-0.2, -0.15) is 0 Å². The normalized spacial score (nSPS) is 14.1. The van der Waals surface area contributed by atoms with E-state index in [4.69, 9.17) is 14.2 Å². The minimum Gasteiger partial charge on any atom is -0.490 e. The number of fused-ring (bicyclic) bond motifs is 1. The molecule has 0 bridgehead atoms. The van der Waals surface area contributed by atoms with Crippen LogP contribution in [0.1, 0.15) is 43.0 Å². The summed E-state index contributed by atoms with van der Waals surface area (Å²) >= 11 is 0. The van der Waals surface area contributed by atoms with Gasteiger partial charge in [0.05, 0.1) is 25.9 Å². The van der Waals surface area contributed by atoms with Gasteiger partial charge in [0.1, 0.15) is 0 Å². The van der Waals surface area contributed by atoms with E-state index in [1.807, 2.05) is 56.3 Å². The Balaban J connectivity index is 1.49. The Morgan fingerprint density at radius 2 is 1.79 bits per heavy atom. The van der Waals surface area contributed by atoms with Crippen molar-refractivity contribution in [2.24, 2.45) is 0 Å². The summed E-state index contributed by atoms with van der Waals surface area (Å²) in [5.74, 6) is 1.49. The quantitative estimate of drug-likeness (QED) is 0.759. The average molecular weight is 384 g/mol. The van der Waals surface area contributed by atoms with Crippen LogP contribution in [0.5, 0.6) is 11.5 Å². The van der Waals surface area contributed by atoms with E-state index in [0.29, 0.717) is 33.0 Å². The maximum atomic E-state index is 12.3. The number of urea groups is 1. The second kappa shape index (κ2) is 9.99. The van der Waals surface area contributed by atoms with E-state index in [1.54, 1.807) is 0 Å². The first-order chi connectivity index (χ1) is 13.7. The van der Waals surface area contributed by atoms with Gasteiger partial charge in [-0.25, -0.2) is 4.79 Å². The molecule has 1 unspecified atom stereocenters. The molecule has 1 heterocycles. The minimum absolute atomic E-state index is 0.147. The average Bonchev–Trinajstić information content (AvgIpc) is 2.96. The molecule has 2 amide bonds. The number of rotatable bonds is 7. The molecule has 0 fully saturated rings. The molecule has 0 aromatic heterocycles. The van der Waals surface area contributed by atoms with Crippen molar-refractivity contribution in [1.82, 2.24) is 10.6 Å². The van der Waals surface area contributed by atoms with Crippen molar-refractivity contribution in [1.29, 1.82) is 0 Å². The lowest BCUT2D eigenvalue weighted by Crippen LogP contribution is -2.36.